The van der Waals surface area contributed by atoms with E-state index in [1.807, 2.05) is 6.26 Å². The van der Waals surface area contributed by atoms with E-state index in [-0.39, 0.29) is 12.3 Å². The van der Waals surface area contributed by atoms with Gasteiger partial charge in [-0.1, -0.05) is 13.8 Å². The monoisotopic (exact) mass is 486 g/mol. The number of rotatable bonds is 14. The van der Waals surface area contributed by atoms with Crippen LogP contribution in [0.15, 0.2) is 12.5 Å². The Morgan fingerprint density at radius 2 is 1.70 bits per heavy atom. The van der Waals surface area contributed by atoms with Crippen LogP contribution < -0.4 is 21.7 Å². The first kappa shape index (κ1) is 28.4. The van der Waals surface area contributed by atoms with Crippen molar-refractivity contribution in [2.24, 2.45) is 11.7 Å². The molecule has 0 radical (unpaired) electrons. The Bertz CT molecular complexity index is 788. The summed E-state index contributed by atoms with van der Waals surface area (Å²) in [7, 11) is 0. The molecule has 1 heterocycles. The van der Waals surface area contributed by atoms with E-state index in [2.05, 4.69) is 25.9 Å². The van der Waals surface area contributed by atoms with Gasteiger partial charge < -0.3 is 36.9 Å². The molecule has 5 atom stereocenters. The maximum absolute atomic E-state index is 13.0. The molecule has 1 rings (SSSR count). The number of H-pyrrole nitrogens is 1. The highest BCUT2D eigenvalue weighted by Crippen LogP contribution is 2.07. The molecule has 0 aliphatic rings. The molecular formula is C20H34N6O6S. The Morgan fingerprint density at radius 1 is 1.09 bits per heavy atom. The fourth-order valence-corrected chi connectivity index (χ4v) is 3.29. The molecule has 33 heavy (non-hydrogen) atoms. The average molecular weight is 487 g/mol. The van der Waals surface area contributed by atoms with Crippen LogP contribution in [0.4, 0.5) is 0 Å². The molecule has 5 unspecified atom stereocenters. The van der Waals surface area contributed by atoms with Gasteiger partial charge in [0.25, 0.3) is 0 Å². The minimum atomic E-state index is -1.56. The number of hydrogen-bond acceptors (Lipinski definition) is 8. The van der Waals surface area contributed by atoms with Crippen molar-refractivity contribution in [1.82, 2.24) is 25.9 Å². The number of nitrogens with two attached hydrogens (primary N) is 1. The number of carbonyl (C=O) groups excluding carboxylic acids is 3. The number of carboxylic acid groups (broad SMARTS) is 1. The van der Waals surface area contributed by atoms with Crippen molar-refractivity contribution in [1.29, 1.82) is 0 Å². The van der Waals surface area contributed by atoms with Gasteiger partial charge in [0, 0.05) is 18.3 Å². The van der Waals surface area contributed by atoms with E-state index >= 15 is 0 Å². The average Bonchev–Trinajstić information content (AvgIpc) is 3.25. The van der Waals surface area contributed by atoms with Crippen molar-refractivity contribution >= 4 is 35.5 Å². The normalized spacial score (nSPS) is 15.7. The first-order valence-electron chi connectivity index (χ1n) is 10.5. The second-order valence-electron chi connectivity index (χ2n) is 8.02. The van der Waals surface area contributed by atoms with Gasteiger partial charge >= 0.3 is 5.97 Å². The number of hydrogen-bond donors (Lipinski definition) is 7. The number of aliphatic hydroxyl groups is 1. The van der Waals surface area contributed by atoms with Crippen molar-refractivity contribution in [3.8, 4) is 0 Å². The third-order valence-electron chi connectivity index (χ3n) is 4.92. The summed E-state index contributed by atoms with van der Waals surface area (Å²) in [5.41, 5.74) is 6.40. The fraction of sp³-hybridized carbons (Fsp3) is 0.650. The van der Waals surface area contributed by atoms with Crippen molar-refractivity contribution < 1.29 is 29.4 Å². The summed E-state index contributed by atoms with van der Waals surface area (Å²) in [5.74, 6) is -2.90. The van der Waals surface area contributed by atoms with Crippen LogP contribution in [-0.4, -0.2) is 86.2 Å². The van der Waals surface area contributed by atoms with Crippen LogP contribution in [0, 0.1) is 5.92 Å². The van der Waals surface area contributed by atoms with Crippen LogP contribution in [0.3, 0.4) is 0 Å². The smallest absolute Gasteiger partial charge is 0.328 e. The number of nitrogens with zero attached hydrogens (tertiary/aromatic N) is 1. The van der Waals surface area contributed by atoms with E-state index in [9.17, 15) is 29.4 Å². The predicted molar refractivity (Wildman–Crippen MR) is 123 cm³/mol. The molecule has 0 saturated heterocycles. The standard InChI is InChI=1S/C20H34N6O6S/c1-10(2)15(21)19(30)24-13(5-6-33-4)17(28)25-14(7-12-8-22-9-23-12)18(29)26-16(11(3)27)20(31)32/h8-11,13-16,27H,5-7,21H2,1-4H3,(H,22,23)(H,24,30)(H,25,28)(H,26,29)(H,31,32). The third kappa shape index (κ3) is 9.40. The summed E-state index contributed by atoms with van der Waals surface area (Å²) in [6, 6.07) is -4.50. The molecule has 0 aromatic carbocycles. The highest BCUT2D eigenvalue weighted by atomic mass is 32.2. The van der Waals surface area contributed by atoms with Crippen LogP contribution >= 0.6 is 11.8 Å². The molecule has 186 valence electrons. The third-order valence-corrected chi connectivity index (χ3v) is 5.57. The number of aliphatic hydroxyl groups excluding tert-OH is 1. The van der Waals surface area contributed by atoms with E-state index < -0.39 is 54.0 Å². The molecule has 13 heteroatoms. The van der Waals surface area contributed by atoms with Crippen LogP contribution in [-0.2, 0) is 25.6 Å². The van der Waals surface area contributed by atoms with Gasteiger partial charge in [-0.25, -0.2) is 9.78 Å². The Morgan fingerprint density at radius 3 is 2.18 bits per heavy atom. The SMILES string of the molecule is CSCCC(NC(=O)C(N)C(C)C)C(=O)NC(Cc1cnc[nH]1)C(=O)NC(C(=O)O)C(C)O. The van der Waals surface area contributed by atoms with Crippen molar-refractivity contribution in [3.05, 3.63) is 18.2 Å². The number of amides is 3. The second kappa shape index (κ2) is 13.8. The minimum Gasteiger partial charge on any atom is -0.480 e. The molecule has 0 saturated carbocycles. The van der Waals surface area contributed by atoms with Gasteiger partial charge in [0.05, 0.1) is 18.5 Å². The molecule has 1 aromatic rings. The number of nitrogens with one attached hydrogen (secondary N) is 4. The minimum absolute atomic E-state index is 0.0155. The highest BCUT2D eigenvalue weighted by Gasteiger charge is 2.32. The van der Waals surface area contributed by atoms with Gasteiger partial charge in [0.15, 0.2) is 6.04 Å². The molecule has 0 aliphatic carbocycles. The predicted octanol–water partition coefficient (Wildman–Crippen LogP) is -1.39. The van der Waals surface area contributed by atoms with Gasteiger partial charge in [0.2, 0.25) is 17.7 Å². The molecule has 12 nitrogen and oxygen atoms in total. The zero-order valence-electron chi connectivity index (χ0n) is 19.2. The van der Waals surface area contributed by atoms with Gasteiger partial charge in [-0.2, -0.15) is 11.8 Å². The van der Waals surface area contributed by atoms with Gasteiger partial charge in [0.1, 0.15) is 12.1 Å². The zero-order valence-corrected chi connectivity index (χ0v) is 20.0. The molecule has 0 spiro atoms. The van der Waals surface area contributed by atoms with Gasteiger partial charge in [-0.05, 0) is 31.3 Å². The largest absolute Gasteiger partial charge is 0.480 e. The molecule has 3 amide bonds. The summed E-state index contributed by atoms with van der Waals surface area (Å²) >= 11 is 1.48. The molecular weight excluding hydrogens is 452 g/mol. The van der Waals surface area contributed by atoms with Crippen LogP contribution in [0.1, 0.15) is 32.9 Å². The van der Waals surface area contributed by atoms with E-state index in [1.54, 1.807) is 13.8 Å². The number of imidazole rings is 1. The quantitative estimate of drug-likeness (QED) is 0.165. The number of aliphatic carboxylic acids is 1. The Hall–Kier alpha value is -2.64. The second-order valence-corrected chi connectivity index (χ2v) is 9.01. The van der Waals surface area contributed by atoms with E-state index in [0.717, 1.165) is 0 Å². The summed E-state index contributed by atoms with van der Waals surface area (Å²) in [4.78, 5) is 56.3. The van der Waals surface area contributed by atoms with Crippen molar-refractivity contribution in [2.75, 3.05) is 12.0 Å². The topological polar surface area (TPSA) is 200 Å². The lowest BCUT2D eigenvalue weighted by Crippen LogP contribution is -2.59. The number of aromatic amines is 1. The Labute approximate surface area is 196 Å². The summed E-state index contributed by atoms with van der Waals surface area (Å²) in [5, 5.41) is 26.4. The number of aromatic nitrogens is 2. The first-order chi connectivity index (χ1) is 15.5. The fourth-order valence-electron chi connectivity index (χ4n) is 2.82. The Kier molecular flexibility index (Phi) is 11.9. The lowest BCUT2D eigenvalue weighted by molar-refractivity contribution is -0.145. The molecule has 0 aliphatic heterocycles. The van der Waals surface area contributed by atoms with Gasteiger partial charge in [-0.3, -0.25) is 14.4 Å². The number of carbonyl (C=O) groups is 4. The van der Waals surface area contributed by atoms with Crippen LogP contribution in [0.5, 0.6) is 0 Å². The van der Waals surface area contributed by atoms with E-state index in [4.69, 9.17) is 5.73 Å². The number of carboxylic acids is 1. The molecule has 1 aromatic heterocycles. The van der Waals surface area contributed by atoms with Crippen molar-refractivity contribution in [2.45, 2.75) is 63.9 Å². The molecule has 0 bridgehead atoms. The zero-order chi connectivity index (χ0) is 25.1. The lowest BCUT2D eigenvalue weighted by Gasteiger charge is -2.26. The van der Waals surface area contributed by atoms with Gasteiger partial charge in [-0.15, -0.1) is 0 Å². The molecule has 8 N–H and O–H groups in total. The summed E-state index contributed by atoms with van der Waals surface area (Å²) in [6.45, 7) is 4.80. The first-order valence-corrected chi connectivity index (χ1v) is 11.9. The maximum atomic E-state index is 13.0. The summed E-state index contributed by atoms with van der Waals surface area (Å²) in [6.07, 6.45) is 3.64. The van der Waals surface area contributed by atoms with E-state index in [0.29, 0.717) is 17.9 Å². The van der Waals surface area contributed by atoms with Crippen LogP contribution in [0.2, 0.25) is 0 Å². The maximum Gasteiger partial charge on any atom is 0.328 e. The van der Waals surface area contributed by atoms with E-state index in [1.165, 1.54) is 31.2 Å². The Balaban J connectivity index is 3.05. The molecule has 0 fully saturated rings. The summed E-state index contributed by atoms with van der Waals surface area (Å²) < 4.78 is 0. The van der Waals surface area contributed by atoms with Crippen molar-refractivity contribution in [3.63, 3.8) is 0 Å². The lowest BCUT2D eigenvalue weighted by atomic mass is 10.0. The van der Waals surface area contributed by atoms with Crippen LogP contribution in [0.25, 0.3) is 0 Å². The number of thioether (sulfide) groups is 1. The highest BCUT2D eigenvalue weighted by molar-refractivity contribution is 7.98.